The molecule has 2 amide bonds. The Hall–Kier alpha value is -1.10. The summed E-state index contributed by atoms with van der Waals surface area (Å²) in [6, 6.07) is 0. The molecule has 1 atom stereocenters. The Kier molecular flexibility index (Phi) is 2.56. The van der Waals surface area contributed by atoms with Crippen molar-refractivity contribution in [3.05, 3.63) is 0 Å². The monoisotopic (exact) mass is 185 g/mol. The molecule has 0 aromatic rings. The second-order valence-corrected chi connectivity index (χ2v) is 4.16. The summed E-state index contributed by atoms with van der Waals surface area (Å²) in [7, 11) is 0. The molecular weight excluding hydrogens is 170 g/mol. The van der Waals surface area contributed by atoms with Crippen LogP contribution in [0.4, 0.5) is 0 Å². The highest BCUT2D eigenvalue weighted by molar-refractivity contribution is 6.01. The maximum Gasteiger partial charge on any atom is 0.248 e. The van der Waals surface area contributed by atoms with Crippen molar-refractivity contribution in [1.29, 1.82) is 0 Å². The number of amides is 2. The van der Waals surface area contributed by atoms with E-state index in [2.05, 4.69) is 16.2 Å². The minimum Gasteiger partial charge on any atom is -0.351 e. The van der Waals surface area contributed by atoms with Crippen LogP contribution in [0.5, 0.6) is 0 Å². The van der Waals surface area contributed by atoms with E-state index in [1.807, 2.05) is 20.8 Å². The van der Waals surface area contributed by atoms with E-state index in [0.29, 0.717) is 6.54 Å². The predicted octanol–water partition coefficient (Wildman–Crippen LogP) is -0.848. The van der Waals surface area contributed by atoms with Crippen LogP contribution in [0.3, 0.4) is 0 Å². The van der Waals surface area contributed by atoms with Gasteiger partial charge in [-0.3, -0.25) is 15.0 Å². The summed E-state index contributed by atoms with van der Waals surface area (Å²) in [5.74, 6) is -1.09. The smallest absolute Gasteiger partial charge is 0.248 e. The molecule has 1 heterocycles. The summed E-state index contributed by atoms with van der Waals surface area (Å²) in [5, 5.41) is 2.75. The van der Waals surface area contributed by atoms with Gasteiger partial charge in [0.2, 0.25) is 11.8 Å². The van der Waals surface area contributed by atoms with Gasteiger partial charge in [0.1, 0.15) is 5.92 Å². The number of carbonyl (C=O) groups is 2. The van der Waals surface area contributed by atoms with Gasteiger partial charge in [0, 0.05) is 12.1 Å². The lowest BCUT2D eigenvalue weighted by Crippen LogP contribution is -2.46. The summed E-state index contributed by atoms with van der Waals surface area (Å²) in [4.78, 5) is 22.5. The van der Waals surface area contributed by atoms with Gasteiger partial charge in [0.25, 0.3) is 0 Å². The molecule has 0 aromatic heterocycles. The van der Waals surface area contributed by atoms with Crippen molar-refractivity contribution < 1.29 is 9.59 Å². The van der Waals surface area contributed by atoms with Crippen molar-refractivity contribution in [3.63, 3.8) is 0 Å². The van der Waals surface area contributed by atoms with E-state index in [-0.39, 0.29) is 17.4 Å². The second-order valence-electron chi connectivity index (χ2n) is 4.16. The molecule has 1 aliphatic rings. The first-order valence-corrected chi connectivity index (χ1v) is 4.25. The Morgan fingerprint density at radius 2 is 2.15 bits per heavy atom. The number of hydrogen-bond acceptors (Lipinski definition) is 3. The first kappa shape index (κ1) is 9.98. The Morgan fingerprint density at radius 3 is 2.54 bits per heavy atom. The average molecular weight is 185 g/mol. The maximum atomic E-state index is 11.5. The molecular formula is C8H15N3O2. The van der Waals surface area contributed by atoms with Gasteiger partial charge in [-0.15, -0.1) is 0 Å². The van der Waals surface area contributed by atoms with Crippen molar-refractivity contribution in [2.45, 2.75) is 26.3 Å². The zero-order valence-electron chi connectivity index (χ0n) is 8.10. The molecule has 1 saturated heterocycles. The molecule has 74 valence electrons. The summed E-state index contributed by atoms with van der Waals surface area (Å²) in [6.07, 6.45) is 0. The molecule has 3 N–H and O–H groups in total. The highest BCUT2D eigenvalue weighted by Crippen LogP contribution is 2.05. The highest BCUT2D eigenvalue weighted by Gasteiger charge is 2.32. The van der Waals surface area contributed by atoms with E-state index in [0.717, 1.165) is 0 Å². The highest BCUT2D eigenvalue weighted by atomic mass is 16.2. The van der Waals surface area contributed by atoms with Gasteiger partial charge >= 0.3 is 0 Å². The standard InChI is InChI=1S/C8H15N3O2/c1-8(2,3)10-6(12)5-4-9-11-7(5)13/h5,9H,4H2,1-3H3,(H,10,12)(H,11,13)/t5-/m0/s1. The lowest BCUT2D eigenvalue weighted by atomic mass is 10.1. The fraction of sp³-hybridized carbons (Fsp3) is 0.750. The number of nitrogens with one attached hydrogen (secondary N) is 3. The van der Waals surface area contributed by atoms with Gasteiger partial charge in [-0.2, -0.15) is 0 Å². The molecule has 5 nitrogen and oxygen atoms in total. The minimum atomic E-state index is -0.598. The third-order valence-corrected chi connectivity index (χ3v) is 1.65. The SMILES string of the molecule is CC(C)(C)NC(=O)[C@@H]1CNNC1=O. The van der Waals surface area contributed by atoms with Gasteiger partial charge in [-0.25, -0.2) is 5.43 Å². The summed E-state index contributed by atoms with van der Waals surface area (Å²) >= 11 is 0. The number of rotatable bonds is 1. The average Bonchev–Trinajstić information content (AvgIpc) is 2.30. The molecule has 0 unspecified atom stereocenters. The lowest BCUT2D eigenvalue weighted by molar-refractivity contribution is -0.133. The molecule has 0 aliphatic carbocycles. The molecule has 0 radical (unpaired) electrons. The Labute approximate surface area is 77.2 Å². The van der Waals surface area contributed by atoms with Crippen LogP contribution in [0.25, 0.3) is 0 Å². The van der Waals surface area contributed by atoms with Crippen molar-refractivity contribution in [2.24, 2.45) is 5.92 Å². The summed E-state index contributed by atoms with van der Waals surface area (Å²) < 4.78 is 0. The number of carbonyl (C=O) groups excluding carboxylic acids is 2. The van der Waals surface area contributed by atoms with Gasteiger partial charge in [-0.05, 0) is 20.8 Å². The normalized spacial score (nSPS) is 22.7. The molecule has 0 saturated carbocycles. The van der Waals surface area contributed by atoms with Crippen LogP contribution in [-0.2, 0) is 9.59 Å². The third kappa shape index (κ3) is 2.69. The van der Waals surface area contributed by atoms with Crippen LogP contribution < -0.4 is 16.2 Å². The van der Waals surface area contributed by atoms with Crippen molar-refractivity contribution in [2.75, 3.05) is 6.54 Å². The van der Waals surface area contributed by atoms with Crippen LogP contribution in [0.15, 0.2) is 0 Å². The van der Waals surface area contributed by atoms with E-state index < -0.39 is 5.92 Å². The molecule has 5 heteroatoms. The molecule has 0 aromatic carbocycles. The molecule has 0 bridgehead atoms. The predicted molar refractivity (Wildman–Crippen MR) is 47.5 cm³/mol. The lowest BCUT2D eigenvalue weighted by Gasteiger charge is -2.21. The van der Waals surface area contributed by atoms with Crippen LogP contribution in [0.2, 0.25) is 0 Å². The molecule has 1 aliphatic heterocycles. The minimum absolute atomic E-state index is 0.227. The van der Waals surface area contributed by atoms with E-state index in [1.165, 1.54) is 0 Å². The van der Waals surface area contributed by atoms with Crippen LogP contribution in [0.1, 0.15) is 20.8 Å². The molecule has 1 rings (SSSR count). The van der Waals surface area contributed by atoms with E-state index in [4.69, 9.17) is 0 Å². The van der Waals surface area contributed by atoms with E-state index >= 15 is 0 Å². The maximum absolute atomic E-state index is 11.5. The number of hydrogen-bond donors (Lipinski definition) is 3. The van der Waals surface area contributed by atoms with E-state index in [9.17, 15) is 9.59 Å². The van der Waals surface area contributed by atoms with Crippen molar-refractivity contribution >= 4 is 11.8 Å². The number of hydrazine groups is 1. The van der Waals surface area contributed by atoms with Gasteiger partial charge in [0.15, 0.2) is 0 Å². The molecule has 1 fully saturated rings. The fourth-order valence-electron chi connectivity index (χ4n) is 1.09. The summed E-state index contributed by atoms with van der Waals surface area (Å²) in [6.45, 7) is 6.00. The third-order valence-electron chi connectivity index (χ3n) is 1.65. The fourth-order valence-corrected chi connectivity index (χ4v) is 1.09. The topological polar surface area (TPSA) is 70.2 Å². The first-order valence-electron chi connectivity index (χ1n) is 4.25. The van der Waals surface area contributed by atoms with Gasteiger partial charge in [0.05, 0.1) is 0 Å². The van der Waals surface area contributed by atoms with Crippen molar-refractivity contribution in [3.8, 4) is 0 Å². The Balaban J connectivity index is 2.53. The van der Waals surface area contributed by atoms with Gasteiger partial charge in [-0.1, -0.05) is 0 Å². The van der Waals surface area contributed by atoms with E-state index in [1.54, 1.807) is 0 Å². The largest absolute Gasteiger partial charge is 0.351 e. The van der Waals surface area contributed by atoms with Crippen LogP contribution in [0, 0.1) is 5.92 Å². The van der Waals surface area contributed by atoms with Crippen molar-refractivity contribution in [1.82, 2.24) is 16.2 Å². The molecule has 0 spiro atoms. The zero-order valence-corrected chi connectivity index (χ0v) is 8.10. The Bertz CT molecular complexity index is 232. The second kappa shape index (κ2) is 3.33. The first-order chi connectivity index (χ1) is 5.90. The molecule has 13 heavy (non-hydrogen) atoms. The van der Waals surface area contributed by atoms with Crippen LogP contribution >= 0.6 is 0 Å². The quantitative estimate of drug-likeness (QED) is 0.466. The summed E-state index contributed by atoms with van der Waals surface area (Å²) in [5.41, 5.74) is 4.72. The Morgan fingerprint density at radius 1 is 1.54 bits per heavy atom. The van der Waals surface area contributed by atoms with Gasteiger partial charge < -0.3 is 5.32 Å². The zero-order chi connectivity index (χ0) is 10.1. The van der Waals surface area contributed by atoms with Crippen LogP contribution in [-0.4, -0.2) is 23.9 Å².